The standard InChI is InChI=1S/C21H19N5O/c1-15-10-23-19(12-22-15)21(27)24-11-16-6-8-17(9-7-16)13-26-14-25-18-4-2-3-5-20(18)26/h2-10,12,14H,11,13H2,1H3,(H,24,27). The van der Waals surface area contributed by atoms with E-state index in [1.54, 1.807) is 6.20 Å². The number of carbonyl (C=O) groups excluding carboxylic acids is 1. The van der Waals surface area contributed by atoms with Crippen LogP contribution in [0.15, 0.2) is 67.3 Å². The normalized spacial score (nSPS) is 10.9. The topological polar surface area (TPSA) is 72.7 Å². The fourth-order valence-electron chi connectivity index (χ4n) is 2.88. The summed E-state index contributed by atoms with van der Waals surface area (Å²) in [7, 11) is 0. The van der Waals surface area contributed by atoms with E-state index in [9.17, 15) is 4.79 Å². The van der Waals surface area contributed by atoms with Crippen LogP contribution in [0.1, 0.15) is 27.3 Å². The Morgan fingerprint density at radius 2 is 1.74 bits per heavy atom. The lowest BCUT2D eigenvalue weighted by atomic mass is 10.1. The van der Waals surface area contributed by atoms with E-state index in [1.165, 1.54) is 11.8 Å². The minimum atomic E-state index is -0.225. The van der Waals surface area contributed by atoms with E-state index in [1.807, 2.05) is 43.6 Å². The molecular formula is C21H19N5O. The van der Waals surface area contributed by atoms with E-state index in [0.29, 0.717) is 12.2 Å². The number of nitrogens with zero attached hydrogens (tertiary/aromatic N) is 4. The average molecular weight is 357 g/mol. The summed E-state index contributed by atoms with van der Waals surface area (Å²) >= 11 is 0. The second-order valence-electron chi connectivity index (χ2n) is 6.40. The number of benzene rings is 2. The van der Waals surface area contributed by atoms with Crippen molar-refractivity contribution in [2.24, 2.45) is 0 Å². The van der Waals surface area contributed by atoms with E-state index in [-0.39, 0.29) is 5.91 Å². The second-order valence-corrected chi connectivity index (χ2v) is 6.40. The Kier molecular flexibility index (Phi) is 4.61. The van der Waals surface area contributed by atoms with Crippen LogP contribution in [0.3, 0.4) is 0 Å². The predicted octanol–water partition coefficient (Wildman–Crippen LogP) is 3.11. The number of hydrogen-bond donors (Lipinski definition) is 1. The van der Waals surface area contributed by atoms with Crippen molar-refractivity contribution in [2.45, 2.75) is 20.0 Å². The van der Waals surface area contributed by atoms with Crippen LogP contribution >= 0.6 is 0 Å². The van der Waals surface area contributed by atoms with Gasteiger partial charge in [0.15, 0.2) is 0 Å². The third-order valence-corrected chi connectivity index (χ3v) is 4.37. The third-order valence-electron chi connectivity index (χ3n) is 4.37. The largest absolute Gasteiger partial charge is 0.347 e. The fraction of sp³-hybridized carbons (Fsp3) is 0.143. The van der Waals surface area contributed by atoms with Crippen LogP contribution in [0.2, 0.25) is 0 Å². The quantitative estimate of drug-likeness (QED) is 0.596. The van der Waals surface area contributed by atoms with Gasteiger partial charge < -0.3 is 9.88 Å². The van der Waals surface area contributed by atoms with Crippen LogP contribution in [-0.4, -0.2) is 25.4 Å². The highest BCUT2D eigenvalue weighted by Crippen LogP contribution is 2.14. The van der Waals surface area contributed by atoms with Gasteiger partial charge in [-0.05, 0) is 30.2 Å². The summed E-state index contributed by atoms with van der Waals surface area (Å²) in [5, 5.41) is 2.87. The second kappa shape index (κ2) is 7.37. The molecule has 6 heteroatoms. The van der Waals surface area contributed by atoms with Crippen LogP contribution < -0.4 is 5.32 Å². The monoisotopic (exact) mass is 357 g/mol. The molecule has 2 aromatic carbocycles. The van der Waals surface area contributed by atoms with Crippen molar-refractivity contribution >= 4 is 16.9 Å². The number of aromatic nitrogens is 4. The molecule has 0 atom stereocenters. The molecule has 0 unspecified atom stereocenters. The van der Waals surface area contributed by atoms with Crippen LogP contribution in [0.25, 0.3) is 11.0 Å². The Labute approximate surface area is 156 Å². The summed E-state index contributed by atoms with van der Waals surface area (Å²) in [5.41, 5.74) is 5.43. The van der Waals surface area contributed by atoms with Crippen molar-refractivity contribution in [1.29, 1.82) is 0 Å². The number of rotatable bonds is 5. The molecule has 27 heavy (non-hydrogen) atoms. The molecule has 1 N–H and O–H groups in total. The van der Waals surface area contributed by atoms with E-state index >= 15 is 0 Å². The number of amides is 1. The van der Waals surface area contributed by atoms with Gasteiger partial charge in [0.05, 0.1) is 29.3 Å². The first-order chi connectivity index (χ1) is 13.2. The maximum atomic E-state index is 12.1. The summed E-state index contributed by atoms with van der Waals surface area (Å²) in [6.07, 6.45) is 4.94. The minimum Gasteiger partial charge on any atom is -0.347 e. The first kappa shape index (κ1) is 16.9. The molecule has 0 spiro atoms. The zero-order chi connectivity index (χ0) is 18.6. The van der Waals surface area contributed by atoms with Crippen LogP contribution in [0, 0.1) is 6.92 Å². The Balaban J connectivity index is 1.39. The van der Waals surface area contributed by atoms with Crippen molar-refractivity contribution in [2.75, 3.05) is 0 Å². The number of hydrogen-bond acceptors (Lipinski definition) is 4. The van der Waals surface area contributed by atoms with E-state index < -0.39 is 0 Å². The molecule has 2 heterocycles. The van der Waals surface area contributed by atoms with Crippen molar-refractivity contribution < 1.29 is 4.79 Å². The van der Waals surface area contributed by atoms with Crippen molar-refractivity contribution in [3.05, 3.63) is 89.8 Å². The zero-order valence-corrected chi connectivity index (χ0v) is 15.0. The van der Waals surface area contributed by atoms with Gasteiger partial charge in [-0.15, -0.1) is 0 Å². The Morgan fingerprint density at radius 1 is 0.963 bits per heavy atom. The summed E-state index contributed by atoms with van der Waals surface area (Å²) in [6, 6.07) is 16.3. The number of para-hydroxylation sites is 2. The van der Waals surface area contributed by atoms with Gasteiger partial charge in [-0.2, -0.15) is 0 Å². The van der Waals surface area contributed by atoms with Gasteiger partial charge in [0.2, 0.25) is 0 Å². The third kappa shape index (κ3) is 3.84. The molecule has 0 saturated carbocycles. The summed E-state index contributed by atoms with van der Waals surface area (Å²) < 4.78 is 2.13. The number of aryl methyl sites for hydroxylation is 1. The SMILES string of the molecule is Cc1cnc(C(=O)NCc2ccc(Cn3cnc4ccccc43)cc2)cn1. The lowest BCUT2D eigenvalue weighted by Crippen LogP contribution is -2.24. The molecule has 4 aromatic rings. The number of nitrogens with one attached hydrogen (secondary N) is 1. The lowest BCUT2D eigenvalue weighted by Gasteiger charge is -2.08. The van der Waals surface area contributed by atoms with Crippen molar-refractivity contribution in [3.63, 3.8) is 0 Å². The first-order valence-electron chi connectivity index (χ1n) is 8.73. The molecule has 6 nitrogen and oxygen atoms in total. The Bertz CT molecular complexity index is 1070. The zero-order valence-electron chi connectivity index (χ0n) is 15.0. The van der Waals surface area contributed by atoms with Gasteiger partial charge >= 0.3 is 0 Å². The Hall–Kier alpha value is -3.54. The highest BCUT2D eigenvalue weighted by Gasteiger charge is 2.07. The number of carbonyl (C=O) groups is 1. The molecule has 0 radical (unpaired) electrons. The lowest BCUT2D eigenvalue weighted by molar-refractivity contribution is 0.0945. The van der Waals surface area contributed by atoms with Crippen molar-refractivity contribution in [3.8, 4) is 0 Å². The molecular weight excluding hydrogens is 338 g/mol. The van der Waals surface area contributed by atoms with Gasteiger partial charge in [0.1, 0.15) is 5.69 Å². The summed E-state index contributed by atoms with van der Waals surface area (Å²) in [4.78, 5) is 24.7. The maximum absolute atomic E-state index is 12.1. The molecule has 134 valence electrons. The van der Waals surface area contributed by atoms with E-state index in [2.05, 4.69) is 43.0 Å². The Morgan fingerprint density at radius 3 is 2.52 bits per heavy atom. The van der Waals surface area contributed by atoms with Gasteiger partial charge in [-0.1, -0.05) is 36.4 Å². The molecule has 2 aromatic heterocycles. The van der Waals surface area contributed by atoms with Gasteiger partial charge in [0, 0.05) is 19.3 Å². The number of fused-ring (bicyclic) bond motifs is 1. The molecule has 0 fully saturated rings. The van der Waals surface area contributed by atoms with Crippen LogP contribution in [0.4, 0.5) is 0 Å². The molecule has 0 saturated heterocycles. The van der Waals surface area contributed by atoms with Crippen LogP contribution in [0.5, 0.6) is 0 Å². The van der Waals surface area contributed by atoms with Gasteiger partial charge in [-0.25, -0.2) is 9.97 Å². The number of imidazole rings is 1. The molecule has 4 rings (SSSR count). The first-order valence-corrected chi connectivity index (χ1v) is 8.73. The average Bonchev–Trinajstić information content (AvgIpc) is 3.11. The molecule has 0 aliphatic heterocycles. The minimum absolute atomic E-state index is 0.225. The maximum Gasteiger partial charge on any atom is 0.271 e. The molecule has 0 aliphatic carbocycles. The summed E-state index contributed by atoms with van der Waals surface area (Å²) in [6.45, 7) is 3.04. The molecule has 0 aliphatic rings. The summed E-state index contributed by atoms with van der Waals surface area (Å²) in [5.74, 6) is -0.225. The predicted molar refractivity (Wildman–Crippen MR) is 103 cm³/mol. The van der Waals surface area contributed by atoms with Crippen molar-refractivity contribution in [1.82, 2.24) is 24.8 Å². The smallest absolute Gasteiger partial charge is 0.271 e. The highest BCUT2D eigenvalue weighted by atomic mass is 16.1. The fourth-order valence-corrected chi connectivity index (χ4v) is 2.88. The molecule has 1 amide bonds. The van der Waals surface area contributed by atoms with E-state index in [4.69, 9.17) is 0 Å². The highest BCUT2D eigenvalue weighted by molar-refractivity contribution is 5.91. The molecule has 0 bridgehead atoms. The van der Waals surface area contributed by atoms with Crippen LogP contribution in [-0.2, 0) is 13.1 Å². The van der Waals surface area contributed by atoms with E-state index in [0.717, 1.165) is 28.8 Å². The van der Waals surface area contributed by atoms with Gasteiger partial charge in [-0.3, -0.25) is 9.78 Å². The van der Waals surface area contributed by atoms with Gasteiger partial charge in [0.25, 0.3) is 5.91 Å².